The van der Waals surface area contributed by atoms with Crippen molar-refractivity contribution in [3.8, 4) is 0 Å². The third-order valence-corrected chi connectivity index (χ3v) is 3.21. The molecule has 0 bridgehead atoms. The fourth-order valence-corrected chi connectivity index (χ4v) is 1.93. The largest absolute Gasteiger partial charge is 0.459 e. The summed E-state index contributed by atoms with van der Waals surface area (Å²) >= 11 is 0. The second-order valence-electron chi connectivity index (χ2n) is 5.46. The molecule has 0 aromatic carbocycles. The number of halogens is 11. The van der Waals surface area contributed by atoms with E-state index in [4.69, 9.17) is 0 Å². The Morgan fingerprint density at radius 1 is 0.920 bits per heavy atom. The van der Waals surface area contributed by atoms with Gasteiger partial charge in [0.2, 0.25) is 0 Å². The third kappa shape index (κ3) is 4.08. The SMILES string of the molecule is CN(C)C(=O)C(C)(O)C(C(F)C(F)(F)C(F)(F)C(F)(F)F)C(F)(F)F. The topological polar surface area (TPSA) is 40.5 Å². The molecule has 0 radical (unpaired) electrons. The molecule has 14 heteroatoms. The Morgan fingerprint density at radius 2 is 1.28 bits per heavy atom. The minimum absolute atomic E-state index is 0.123. The minimum atomic E-state index is -7.19. The molecule has 0 rings (SSSR count). The van der Waals surface area contributed by atoms with Gasteiger partial charge in [0.25, 0.3) is 5.91 Å². The maximum absolute atomic E-state index is 13.7. The van der Waals surface area contributed by atoms with Gasteiger partial charge in [-0.15, -0.1) is 0 Å². The lowest BCUT2D eigenvalue weighted by Crippen LogP contribution is -2.65. The van der Waals surface area contributed by atoms with Crippen molar-refractivity contribution in [2.75, 3.05) is 14.1 Å². The van der Waals surface area contributed by atoms with E-state index in [0.717, 1.165) is 0 Å². The molecule has 0 spiro atoms. The van der Waals surface area contributed by atoms with Gasteiger partial charge in [0.1, 0.15) is 5.92 Å². The zero-order valence-corrected chi connectivity index (χ0v) is 12.6. The first-order valence-corrected chi connectivity index (χ1v) is 6.10. The van der Waals surface area contributed by atoms with Crippen LogP contribution in [-0.2, 0) is 4.79 Å². The van der Waals surface area contributed by atoms with Crippen molar-refractivity contribution >= 4 is 5.91 Å². The Kier molecular flexibility index (Phi) is 6.09. The van der Waals surface area contributed by atoms with Crippen LogP contribution in [0.25, 0.3) is 0 Å². The predicted octanol–water partition coefficient (Wildman–Crippen LogP) is 3.18. The summed E-state index contributed by atoms with van der Waals surface area (Å²) in [7, 11) is 1.42. The van der Waals surface area contributed by atoms with Gasteiger partial charge in [-0.1, -0.05) is 0 Å². The predicted molar refractivity (Wildman–Crippen MR) is 59.7 cm³/mol. The van der Waals surface area contributed by atoms with E-state index in [-0.39, 0.29) is 11.8 Å². The first-order valence-electron chi connectivity index (χ1n) is 6.10. The summed E-state index contributed by atoms with van der Waals surface area (Å²) in [5.41, 5.74) is -4.09. The van der Waals surface area contributed by atoms with Crippen LogP contribution < -0.4 is 0 Å². The van der Waals surface area contributed by atoms with Gasteiger partial charge in [-0.25, -0.2) is 4.39 Å². The number of nitrogens with zero attached hydrogens (tertiary/aromatic N) is 1. The summed E-state index contributed by atoms with van der Waals surface area (Å²) in [5, 5.41) is 9.54. The Balaban J connectivity index is 6.33. The van der Waals surface area contributed by atoms with Gasteiger partial charge in [-0.2, -0.15) is 43.9 Å². The van der Waals surface area contributed by atoms with Crippen molar-refractivity contribution in [1.29, 1.82) is 0 Å². The van der Waals surface area contributed by atoms with Crippen LogP contribution >= 0.6 is 0 Å². The van der Waals surface area contributed by atoms with E-state index >= 15 is 0 Å². The van der Waals surface area contributed by atoms with E-state index in [1.807, 2.05) is 0 Å². The molecule has 0 aliphatic heterocycles. The molecule has 0 heterocycles. The van der Waals surface area contributed by atoms with Crippen LogP contribution in [-0.4, -0.2) is 66.0 Å². The van der Waals surface area contributed by atoms with Crippen LogP contribution in [0.4, 0.5) is 48.3 Å². The van der Waals surface area contributed by atoms with E-state index in [9.17, 15) is 58.2 Å². The van der Waals surface area contributed by atoms with Crippen LogP contribution in [0.5, 0.6) is 0 Å². The van der Waals surface area contributed by atoms with Crippen molar-refractivity contribution in [3.63, 3.8) is 0 Å². The molecule has 0 aromatic heterocycles. The van der Waals surface area contributed by atoms with Gasteiger partial charge in [0, 0.05) is 14.1 Å². The van der Waals surface area contributed by atoms with Gasteiger partial charge >= 0.3 is 24.2 Å². The molecule has 3 nitrogen and oxygen atoms in total. The highest BCUT2D eigenvalue weighted by molar-refractivity contribution is 5.84. The minimum Gasteiger partial charge on any atom is -0.380 e. The molecular weight excluding hydrogens is 387 g/mol. The summed E-state index contributed by atoms with van der Waals surface area (Å²) in [5.74, 6) is -20.7. The summed E-state index contributed by atoms with van der Waals surface area (Å²) in [6.07, 6.45) is -18.6. The molecule has 0 aliphatic rings. The van der Waals surface area contributed by atoms with E-state index in [1.54, 1.807) is 0 Å². The standard InChI is InChI=1S/C11H12F11NO2/c1-7(25,6(24)23(2)3)4(9(15,16)17)5(12)8(13,14)10(18,19)11(20,21)22/h4-5,25H,1-3H3. The van der Waals surface area contributed by atoms with Crippen LogP contribution in [0.3, 0.4) is 0 Å². The molecule has 25 heavy (non-hydrogen) atoms. The molecule has 1 amide bonds. The molecule has 0 aromatic rings. The first-order chi connectivity index (χ1) is 10.6. The van der Waals surface area contributed by atoms with Crippen LogP contribution in [0.15, 0.2) is 0 Å². The Labute approximate surface area is 133 Å². The van der Waals surface area contributed by atoms with Gasteiger partial charge in [0.05, 0.1) is 0 Å². The molecule has 3 atom stereocenters. The van der Waals surface area contributed by atoms with Crippen LogP contribution in [0.2, 0.25) is 0 Å². The highest BCUT2D eigenvalue weighted by Gasteiger charge is 2.79. The van der Waals surface area contributed by atoms with Crippen molar-refractivity contribution in [1.82, 2.24) is 4.90 Å². The van der Waals surface area contributed by atoms with E-state index in [0.29, 0.717) is 14.1 Å². The lowest BCUT2D eigenvalue weighted by molar-refractivity contribution is -0.379. The molecular formula is C11H12F11NO2. The van der Waals surface area contributed by atoms with Crippen molar-refractivity contribution in [3.05, 3.63) is 0 Å². The smallest absolute Gasteiger partial charge is 0.380 e. The molecule has 3 unspecified atom stereocenters. The average molecular weight is 399 g/mol. The quantitative estimate of drug-likeness (QED) is 0.722. The number of amides is 1. The lowest BCUT2D eigenvalue weighted by Gasteiger charge is -2.40. The Hall–Kier alpha value is -1.34. The average Bonchev–Trinajstić information content (AvgIpc) is 2.33. The molecule has 0 saturated heterocycles. The third-order valence-electron chi connectivity index (χ3n) is 3.21. The number of carbonyl (C=O) groups is 1. The first kappa shape index (κ1) is 23.7. The molecule has 0 aliphatic carbocycles. The highest BCUT2D eigenvalue weighted by Crippen LogP contribution is 2.53. The maximum atomic E-state index is 13.7. The maximum Gasteiger partial charge on any atom is 0.459 e. The molecule has 1 N–H and O–H groups in total. The van der Waals surface area contributed by atoms with Crippen molar-refractivity contribution in [2.24, 2.45) is 5.92 Å². The fraction of sp³-hybridized carbons (Fsp3) is 0.909. The lowest BCUT2D eigenvalue weighted by atomic mass is 9.80. The van der Waals surface area contributed by atoms with Gasteiger partial charge in [-0.3, -0.25) is 4.79 Å². The normalized spacial score (nSPS) is 19.2. The number of hydrogen-bond acceptors (Lipinski definition) is 2. The van der Waals surface area contributed by atoms with Crippen molar-refractivity contribution < 1.29 is 58.2 Å². The summed E-state index contributed by atoms with van der Waals surface area (Å²) < 4.78 is 141. The fourth-order valence-electron chi connectivity index (χ4n) is 1.93. The van der Waals surface area contributed by atoms with Gasteiger partial charge < -0.3 is 10.0 Å². The van der Waals surface area contributed by atoms with Gasteiger partial charge in [0.15, 0.2) is 11.8 Å². The summed E-state index contributed by atoms with van der Waals surface area (Å²) in [6.45, 7) is -0.123. The molecule has 0 saturated carbocycles. The Morgan fingerprint density at radius 3 is 1.52 bits per heavy atom. The summed E-state index contributed by atoms with van der Waals surface area (Å²) in [4.78, 5) is 11.7. The van der Waals surface area contributed by atoms with Gasteiger partial charge in [-0.05, 0) is 6.92 Å². The van der Waals surface area contributed by atoms with Crippen LogP contribution in [0.1, 0.15) is 6.92 Å². The highest BCUT2D eigenvalue weighted by atomic mass is 19.4. The number of carbonyl (C=O) groups excluding carboxylic acids is 1. The molecule has 150 valence electrons. The number of rotatable bonds is 5. The Bertz CT molecular complexity index is 495. The zero-order chi connectivity index (χ0) is 20.8. The second-order valence-corrected chi connectivity index (χ2v) is 5.46. The number of hydrogen-bond donors (Lipinski definition) is 1. The van der Waals surface area contributed by atoms with E-state index in [1.165, 1.54) is 0 Å². The number of likely N-dealkylation sites (N-methyl/N-ethyl adjacent to an activating group) is 1. The van der Waals surface area contributed by atoms with E-state index < -0.39 is 47.8 Å². The monoisotopic (exact) mass is 399 g/mol. The zero-order valence-electron chi connectivity index (χ0n) is 12.6. The molecule has 0 fully saturated rings. The number of alkyl halides is 11. The number of aliphatic hydroxyl groups is 1. The van der Waals surface area contributed by atoms with Crippen LogP contribution in [0, 0.1) is 5.92 Å². The van der Waals surface area contributed by atoms with E-state index in [2.05, 4.69) is 0 Å². The summed E-state index contributed by atoms with van der Waals surface area (Å²) in [6, 6.07) is 0. The van der Waals surface area contributed by atoms with Crippen molar-refractivity contribution in [2.45, 2.75) is 42.9 Å². The second kappa shape index (κ2) is 6.43.